The van der Waals surface area contributed by atoms with Crippen LogP contribution in [0.1, 0.15) is 5.69 Å². The van der Waals surface area contributed by atoms with Crippen LogP contribution in [0.4, 0.5) is 13.2 Å². The summed E-state index contributed by atoms with van der Waals surface area (Å²) in [7, 11) is 1.55. The summed E-state index contributed by atoms with van der Waals surface area (Å²) in [6, 6.07) is 23.3. The average Bonchev–Trinajstić information content (AvgIpc) is 3.08. The first kappa shape index (κ1) is 18.9. The van der Waals surface area contributed by atoms with Crippen LogP contribution in [0.15, 0.2) is 85.4 Å². The maximum atomic E-state index is 13.8. The minimum atomic E-state index is -4.57. The molecule has 0 unspecified atom stereocenters. The lowest BCUT2D eigenvalue weighted by atomic mass is 9.98. The van der Waals surface area contributed by atoms with E-state index in [0.717, 1.165) is 5.39 Å². The molecule has 0 radical (unpaired) electrons. The molecule has 3 aromatic carbocycles. The van der Waals surface area contributed by atoms with E-state index in [1.807, 2.05) is 30.3 Å². The Morgan fingerprint density at radius 1 is 0.862 bits per heavy atom. The number of rotatable bonds is 4. The average molecular weight is 393 g/mol. The van der Waals surface area contributed by atoms with Crippen LogP contribution in [0.25, 0.3) is 33.3 Å². The number of allylic oxidation sites excluding steroid dienone is 1. The molecule has 146 valence electrons. The zero-order valence-corrected chi connectivity index (χ0v) is 15.7. The quantitative estimate of drug-likeness (QED) is 0.369. The molecule has 0 N–H and O–H groups in total. The van der Waals surface area contributed by atoms with Crippen molar-refractivity contribution in [3.63, 3.8) is 0 Å². The van der Waals surface area contributed by atoms with Gasteiger partial charge >= 0.3 is 6.18 Å². The minimum Gasteiger partial charge on any atom is -0.497 e. The molecule has 0 aliphatic carbocycles. The second kappa shape index (κ2) is 7.17. The van der Waals surface area contributed by atoms with Crippen molar-refractivity contribution in [2.75, 3.05) is 7.11 Å². The predicted molar refractivity (Wildman–Crippen MR) is 110 cm³/mol. The normalized spacial score (nSPS) is 11.6. The zero-order chi connectivity index (χ0) is 20.6. The van der Waals surface area contributed by atoms with Crippen molar-refractivity contribution in [3.05, 3.63) is 91.1 Å². The molecule has 0 amide bonds. The Morgan fingerprint density at radius 2 is 1.48 bits per heavy atom. The third kappa shape index (κ3) is 3.29. The second-order valence-electron chi connectivity index (χ2n) is 6.62. The number of methoxy groups -OCH3 is 1. The molecule has 0 aliphatic heterocycles. The third-order valence-electron chi connectivity index (χ3n) is 4.90. The molecule has 1 heterocycles. The number of nitrogens with zero attached hydrogens (tertiary/aromatic N) is 1. The van der Waals surface area contributed by atoms with Gasteiger partial charge in [0.15, 0.2) is 0 Å². The third-order valence-corrected chi connectivity index (χ3v) is 4.90. The topological polar surface area (TPSA) is 14.2 Å². The highest BCUT2D eigenvalue weighted by atomic mass is 19.4. The monoisotopic (exact) mass is 393 g/mol. The minimum absolute atomic E-state index is 0.0371. The maximum Gasteiger partial charge on any atom is 0.417 e. The summed E-state index contributed by atoms with van der Waals surface area (Å²) in [5, 5.41) is 0.724. The molecule has 29 heavy (non-hydrogen) atoms. The first-order chi connectivity index (χ1) is 13.9. The lowest BCUT2D eigenvalue weighted by Gasteiger charge is -2.17. The molecule has 4 aromatic rings. The molecule has 1 aromatic heterocycles. The first-order valence-electron chi connectivity index (χ1n) is 9.01. The van der Waals surface area contributed by atoms with E-state index >= 15 is 0 Å². The number of ether oxygens (including phenoxy) is 1. The van der Waals surface area contributed by atoms with Gasteiger partial charge in [-0.05, 0) is 35.9 Å². The number of fused-ring (bicyclic) bond motifs is 1. The van der Waals surface area contributed by atoms with Crippen LogP contribution < -0.4 is 4.74 Å². The van der Waals surface area contributed by atoms with Gasteiger partial charge in [-0.25, -0.2) is 0 Å². The Kier molecular flexibility index (Phi) is 4.66. The van der Waals surface area contributed by atoms with Gasteiger partial charge in [-0.1, -0.05) is 55.1 Å². The van der Waals surface area contributed by atoms with Gasteiger partial charge in [-0.15, -0.1) is 0 Å². The molecule has 0 atom stereocenters. The standard InChI is InChI=1S/C24H18F3NO/c1-16(24(25,26)27)23-22(17-12-14-19(29-2)15-13-17)20-10-6-7-11-21(20)28(23)18-8-4-3-5-9-18/h3-15H,1H2,2H3. The Bertz CT molecular complexity index is 1170. The summed E-state index contributed by atoms with van der Waals surface area (Å²) in [6.45, 7) is 3.43. The molecule has 0 saturated heterocycles. The fraction of sp³-hybridized carbons (Fsp3) is 0.0833. The SMILES string of the molecule is C=C(c1c(-c2ccc(OC)cc2)c2ccccc2n1-c1ccccc1)C(F)(F)F. The molecule has 0 aliphatic rings. The van der Waals surface area contributed by atoms with Crippen LogP contribution in [0, 0.1) is 0 Å². The Morgan fingerprint density at radius 3 is 2.10 bits per heavy atom. The van der Waals surface area contributed by atoms with Crippen LogP contribution in [-0.2, 0) is 0 Å². The van der Waals surface area contributed by atoms with Crippen molar-refractivity contribution in [1.82, 2.24) is 4.57 Å². The fourth-order valence-electron chi connectivity index (χ4n) is 3.56. The number of alkyl halides is 3. The van der Waals surface area contributed by atoms with Gasteiger partial charge in [0.1, 0.15) is 5.75 Å². The van der Waals surface area contributed by atoms with E-state index in [1.54, 1.807) is 60.2 Å². The molecular weight excluding hydrogens is 375 g/mol. The van der Waals surface area contributed by atoms with Crippen molar-refractivity contribution in [2.45, 2.75) is 6.18 Å². The van der Waals surface area contributed by atoms with Gasteiger partial charge in [0.05, 0.1) is 23.9 Å². The highest BCUT2D eigenvalue weighted by molar-refractivity contribution is 6.03. The molecule has 0 bridgehead atoms. The summed E-state index contributed by atoms with van der Waals surface area (Å²) < 4.78 is 48.3. The summed E-state index contributed by atoms with van der Waals surface area (Å²) in [6.07, 6.45) is -4.57. The molecule has 0 saturated carbocycles. The number of aromatic nitrogens is 1. The van der Waals surface area contributed by atoms with E-state index in [4.69, 9.17) is 4.74 Å². The lowest BCUT2D eigenvalue weighted by Crippen LogP contribution is -2.13. The molecule has 5 heteroatoms. The number of para-hydroxylation sites is 2. The Labute approximate surface area is 166 Å². The van der Waals surface area contributed by atoms with Crippen molar-refractivity contribution < 1.29 is 17.9 Å². The predicted octanol–water partition coefficient (Wildman–Crippen LogP) is 6.88. The molecule has 4 rings (SSSR count). The molecular formula is C24H18F3NO. The van der Waals surface area contributed by atoms with Crippen molar-refractivity contribution in [1.29, 1.82) is 0 Å². The van der Waals surface area contributed by atoms with Gasteiger partial charge in [0, 0.05) is 16.6 Å². The second-order valence-corrected chi connectivity index (χ2v) is 6.62. The van der Waals surface area contributed by atoms with Gasteiger partial charge in [0.25, 0.3) is 0 Å². The van der Waals surface area contributed by atoms with E-state index in [0.29, 0.717) is 28.1 Å². The fourth-order valence-corrected chi connectivity index (χ4v) is 3.56. The lowest BCUT2D eigenvalue weighted by molar-refractivity contribution is -0.0689. The van der Waals surface area contributed by atoms with Gasteiger partial charge in [0.2, 0.25) is 0 Å². The Hall–Kier alpha value is -3.47. The smallest absolute Gasteiger partial charge is 0.417 e. The van der Waals surface area contributed by atoms with Crippen LogP contribution in [-0.4, -0.2) is 17.9 Å². The van der Waals surface area contributed by atoms with Crippen molar-refractivity contribution in [3.8, 4) is 22.6 Å². The van der Waals surface area contributed by atoms with E-state index in [-0.39, 0.29) is 5.69 Å². The van der Waals surface area contributed by atoms with Gasteiger partial charge in [-0.2, -0.15) is 13.2 Å². The van der Waals surface area contributed by atoms with Crippen LogP contribution in [0.5, 0.6) is 5.75 Å². The highest BCUT2D eigenvalue weighted by Gasteiger charge is 2.37. The number of hydrogen-bond acceptors (Lipinski definition) is 1. The van der Waals surface area contributed by atoms with Crippen LogP contribution in [0.2, 0.25) is 0 Å². The van der Waals surface area contributed by atoms with Crippen molar-refractivity contribution in [2.24, 2.45) is 0 Å². The van der Waals surface area contributed by atoms with Gasteiger partial charge in [-0.3, -0.25) is 0 Å². The van der Waals surface area contributed by atoms with Gasteiger partial charge < -0.3 is 9.30 Å². The summed E-state index contributed by atoms with van der Waals surface area (Å²) >= 11 is 0. The van der Waals surface area contributed by atoms with E-state index < -0.39 is 11.7 Å². The summed E-state index contributed by atoms with van der Waals surface area (Å²) in [5.74, 6) is 0.636. The zero-order valence-electron chi connectivity index (χ0n) is 15.7. The van der Waals surface area contributed by atoms with Crippen molar-refractivity contribution >= 4 is 16.5 Å². The van der Waals surface area contributed by atoms with E-state index in [1.165, 1.54) is 0 Å². The Balaban J connectivity index is 2.12. The number of halogens is 3. The molecule has 0 spiro atoms. The van der Waals surface area contributed by atoms with Crippen LogP contribution in [0.3, 0.4) is 0 Å². The largest absolute Gasteiger partial charge is 0.497 e. The first-order valence-corrected chi connectivity index (χ1v) is 9.01. The molecule has 0 fully saturated rings. The summed E-state index contributed by atoms with van der Waals surface area (Å²) in [5.41, 5.74) is 1.64. The number of hydrogen-bond donors (Lipinski definition) is 0. The highest BCUT2D eigenvalue weighted by Crippen LogP contribution is 2.44. The van der Waals surface area contributed by atoms with E-state index in [2.05, 4.69) is 6.58 Å². The van der Waals surface area contributed by atoms with E-state index in [9.17, 15) is 13.2 Å². The number of benzene rings is 3. The summed E-state index contributed by atoms with van der Waals surface area (Å²) in [4.78, 5) is 0. The maximum absolute atomic E-state index is 13.8. The van der Waals surface area contributed by atoms with Crippen LogP contribution >= 0.6 is 0 Å². The molecule has 2 nitrogen and oxygen atoms in total.